The summed E-state index contributed by atoms with van der Waals surface area (Å²) in [4.78, 5) is 0.358. The summed E-state index contributed by atoms with van der Waals surface area (Å²) in [5.41, 5.74) is 1.02. The highest BCUT2D eigenvalue weighted by molar-refractivity contribution is 7.89. The van der Waals surface area contributed by atoms with Crippen LogP contribution in [0.4, 0.5) is 0 Å². The molecule has 21 heavy (non-hydrogen) atoms. The number of benzene rings is 1. The van der Waals surface area contributed by atoms with Crippen molar-refractivity contribution in [1.82, 2.24) is 10.0 Å². The molecule has 1 saturated carbocycles. The van der Waals surface area contributed by atoms with Gasteiger partial charge in [0.2, 0.25) is 10.0 Å². The Labute approximate surface area is 128 Å². The molecule has 118 valence electrons. The second-order valence-electron chi connectivity index (χ2n) is 6.18. The fourth-order valence-corrected chi connectivity index (χ4v) is 3.87. The summed E-state index contributed by atoms with van der Waals surface area (Å²) < 4.78 is 27.8. The second-order valence-corrected chi connectivity index (χ2v) is 7.90. The third-order valence-electron chi connectivity index (χ3n) is 3.93. The maximum absolute atomic E-state index is 12.5. The Bertz CT molecular complexity index is 565. The minimum atomic E-state index is -3.44. The Morgan fingerprint density at radius 3 is 2.57 bits per heavy atom. The highest BCUT2D eigenvalue weighted by Crippen LogP contribution is 2.20. The molecule has 1 aliphatic carbocycles. The quantitative estimate of drug-likeness (QED) is 0.776. The average molecular weight is 310 g/mol. The van der Waals surface area contributed by atoms with Gasteiger partial charge in [-0.25, -0.2) is 13.1 Å². The van der Waals surface area contributed by atoms with Crippen LogP contribution in [0.5, 0.6) is 0 Å². The monoisotopic (exact) mass is 310 g/mol. The van der Waals surface area contributed by atoms with Gasteiger partial charge in [-0.15, -0.1) is 0 Å². The molecule has 0 heterocycles. The maximum Gasteiger partial charge on any atom is 0.240 e. The lowest BCUT2D eigenvalue weighted by molar-refractivity contribution is 0.437. The fraction of sp³-hybridized carbons (Fsp3) is 0.625. The van der Waals surface area contributed by atoms with Crippen molar-refractivity contribution in [1.29, 1.82) is 0 Å². The molecule has 1 fully saturated rings. The van der Waals surface area contributed by atoms with Crippen LogP contribution in [0.3, 0.4) is 0 Å². The average Bonchev–Trinajstić information content (AvgIpc) is 3.27. The molecule has 0 spiro atoms. The van der Waals surface area contributed by atoms with Gasteiger partial charge in [0.25, 0.3) is 0 Å². The molecule has 1 aromatic carbocycles. The summed E-state index contributed by atoms with van der Waals surface area (Å²) in [6, 6.07) is 7.81. The summed E-state index contributed by atoms with van der Waals surface area (Å²) in [7, 11) is -3.44. The van der Waals surface area contributed by atoms with Crippen molar-refractivity contribution in [2.24, 2.45) is 5.92 Å². The van der Waals surface area contributed by atoms with Crippen LogP contribution in [0, 0.1) is 5.92 Å². The molecular formula is C16H26N2O2S. The van der Waals surface area contributed by atoms with E-state index in [1.807, 2.05) is 32.9 Å². The molecule has 0 radical (unpaired) electrons. The first-order chi connectivity index (χ1) is 9.92. The van der Waals surface area contributed by atoms with Crippen molar-refractivity contribution in [3.8, 4) is 0 Å². The first kappa shape index (κ1) is 16.5. The zero-order valence-corrected chi connectivity index (χ0v) is 13.9. The Morgan fingerprint density at radius 2 is 2.00 bits per heavy atom. The van der Waals surface area contributed by atoms with Gasteiger partial charge in [0, 0.05) is 18.6 Å². The van der Waals surface area contributed by atoms with Crippen LogP contribution in [0.25, 0.3) is 0 Å². The van der Waals surface area contributed by atoms with Gasteiger partial charge in [0.15, 0.2) is 0 Å². The predicted molar refractivity (Wildman–Crippen MR) is 85.5 cm³/mol. The smallest absolute Gasteiger partial charge is 0.240 e. The number of nitrogens with one attached hydrogen (secondary N) is 2. The molecule has 0 amide bonds. The van der Waals surface area contributed by atoms with Crippen LogP contribution in [0.2, 0.25) is 0 Å². The Morgan fingerprint density at radius 1 is 1.29 bits per heavy atom. The molecule has 0 saturated heterocycles. The zero-order valence-electron chi connectivity index (χ0n) is 13.1. The predicted octanol–water partition coefficient (Wildman–Crippen LogP) is 2.65. The van der Waals surface area contributed by atoms with Crippen LogP contribution in [-0.2, 0) is 16.6 Å². The minimum Gasteiger partial charge on any atom is -0.310 e. The SMILES string of the molecule is CCC(NS(=O)(=O)c1cccc(CNC2CC2)c1)C(C)C. The van der Waals surface area contributed by atoms with Crippen LogP contribution in [-0.4, -0.2) is 20.5 Å². The highest BCUT2D eigenvalue weighted by Gasteiger charge is 2.22. The molecule has 0 aromatic heterocycles. The molecule has 2 rings (SSSR count). The Hall–Kier alpha value is -0.910. The van der Waals surface area contributed by atoms with E-state index >= 15 is 0 Å². The fourth-order valence-electron chi connectivity index (χ4n) is 2.33. The van der Waals surface area contributed by atoms with Crippen LogP contribution >= 0.6 is 0 Å². The van der Waals surface area contributed by atoms with E-state index in [9.17, 15) is 8.42 Å². The van der Waals surface area contributed by atoms with E-state index in [4.69, 9.17) is 0 Å². The van der Waals surface area contributed by atoms with Gasteiger partial charge in [-0.05, 0) is 42.9 Å². The molecule has 0 bridgehead atoms. The van der Waals surface area contributed by atoms with Crippen molar-refractivity contribution in [3.63, 3.8) is 0 Å². The molecule has 1 atom stereocenters. The highest BCUT2D eigenvalue weighted by atomic mass is 32.2. The maximum atomic E-state index is 12.5. The zero-order chi connectivity index (χ0) is 15.5. The molecule has 2 N–H and O–H groups in total. The van der Waals surface area contributed by atoms with Gasteiger partial charge >= 0.3 is 0 Å². The van der Waals surface area contributed by atoms with Crippen molar-refractivity contribution in [2.45, 2.75) is 63.6 Å². The third-order valence-corrected chi connectivity index (χ3v) is 5.42. The lowest BCUT2D eigenvalue weighted by Gasteiger charge is -2.20. The lowest BCUT2D eigenvalue weighted by atomic mass is 10.0. The van der Waals surface area contributed by atoms with Crippen molar-refractivity contribution < 1.29 is 8.42 Å². The summed E-state index contributed by atoms with van der Waals surface area (Å²) in [5.74, 6) is 0.282. The first-order valence-electron chi connectivity index (χ1n) is 7.77. The summed E-state index contributed by atoms with van der Waals surface area (Å²) >= 11 is 0. The standard InChI is InChI=1S/C16H26N2O2S/c1-4-16(12(2)3)18-21(19,20)15-7-5-6-13(10-15)11-17-14-8-9-14/h5-7,10,12,14,16-18H,4,8-9,11H2,1-3H3. The van der Waals surface area contributed by atoms with Gasteiger partial charge < -0.3 is 5.32 Å². The second kappa shape index (κ2) is 6.90. The molecular weight excluding hydrogens is 284 g/mol. The number of rotatable bonds is 8. The van der Waals surface area contributed by atoms with Crippen LogP contribution in [0.15, 0.2) is 29.2 Å². The van der Waals surface area contributed by atoms with Crippen LogP contribution < -0.4 is 10.0 Å². The van der Waals surface area contributed by atoms with E-state index in [2.05, 4.69) is 10.0 Å². The third kappa shape index (κ3) is 4.80. The largest absolute Gasteiger partial charge is 0.310 e. The van der Waals surface area contributed by atoms with E-state index < -0.39 is 10.0 Å². The van der Waals surface area contributed by atoms with E-state index in [1.54, 1.807) is 12.1 Å². The first-order valence-corrected chi connectivity index (χ1v) is 9.25. The number of hydrogen-bond acceptors (Lipinski definition) is 3. The minimum absolute atomic E-state index is 0.0248. The lowest BCUT2D eigenvalue weighted by Crippen LogP contribution is -2.38. The molecule has 4 nitrogen and oxygen atoms in total. The van der Waals surface area contributed by atoms with Crippen molar-refractivity contribution >= 4 is 10.0 Å². The van der Waals surface area contributed by atoms with E-state index in [0.29, 0.717) is 10.9 Å². The summed E-state index contributed by atoms with van der Waals surface area (Å²) in [6.07, 6.45) is 3.25. The van der Waals surface area contributed by atoms with Gasteiger partial charge in [-0.3, -0.25) is 0 Å². The number of sulfonamides is 1. The normalized spacial score (nSPS) is 17.1. The van der Waals surface area contributed by atoms with E-state index in [-0.39, 0.29) is 12.0 Å². The van der Waals surface area contributed by atoms with Gasteiger partial charge in [0.1, 0.15) is 0 Å². The van der Waals surface area contributed by atoms with Crippen LogP contribution in [0.1, 0.15) is 45.6 Å². The molecule has 1 aromatic rings. The number of hydrogen-bond donors (Lipinski definition) is 2. The molecule has 1 aliphatic rings. The molecule has 1 unspecified atom stereocenters. The molecule has 5 heteroatoms. The van der Waals surface area contributed by atoms with Gasteiger partial charge in [0.05, 0.1) is 4.90 Å². The van der Waals surface area contributed by atoms with Gasteiger partial charge in [-0.2, -0.15) is 0 Å². The van der Waals surface area contributed by atoms with Crippen molar-refractivity contribution in [2.75, 3.05) is 0 Å². The van der Waals surface area contributed by atoms with E-state index in [1.165, 1.54) is 12.8 Å². The van der Waals surface area contributed by atoms with Gasteiger partial charge in [-0.1, -0.05) is 32.9 Å². The summed E-state index contributed by atoms with van der Waals surface area (Å²) in [6.45, 7) is 6.80. The molecule has 0 aliphatic heterocycles. The Balaban J connectivity index is 2.09. The van der Waals surface area contributed by atoms with E-state index in [0.717, 1.165) is 18.5 Å². The van der Waals surface area contributed by atoms with Crippen molar-refractivity contribution in [3.05, 3.63) is 29.8 Å². The topological polar surface area (TPSA) is 58.2 Å². The Kier molecular flexibility index (Phi) is 5.41. The summed E-state index contributed by atoms with van der Waals surface area (Å²) in [5, 5.41) is 3.41.